The van der Waals surface area contributed by atoms with Crippen molar-refractivity contribution in [3.8, 4) is 0 Å². The third kappa shape index (κ3) is 72.8. The molecule has 0 rings (SSSR count). The molecular weight excluding hydrogens is 1290 g/mol. The van der Waals surface area contributed by atoms with Crippen LogP contribution in [-0.2, 0) is 65.4 Å². The summed E-state index contributed by atoms with van der Waals surface area (Å²) in [5, 5.41) is 10.6. The fourth-order valence-electron chi connectivity index (χ4n) is 12.4. The molecule has 3 unspecified atom stereocenters. The molecule has 0 heterocycles. The summed E-state index contributed by atoms with van der Waals surface area (Å²) in [6.07, 6.45) is 64.3. The van der Waals surface area contributed by atoms with Gasteiger partial charge in [0, 0.05) is 25.7 Å². The van der Waals surface area contributed by atoms with Crippen molar-refractivity contribution < 1.29 is 80.2 Å². The van der Waals surface area contributed by atoms with Crippen LogP contribution in [0.2, 0.25) is 0 Å². The molecule has 0 aliphatic heterocycles. The fraction of sp³-hybridized carbons (Fsp3) is 0.950. The number of unbranched alkanes of at least 4 members (excludes halogenated alkanes) is 51. The van der Waals surface area contributed by atoms with Crippen molar-refractivity contribution >= 4 is 39.5 Å². The SMILES string of the molecule is CCCCCCCCCCCCCCCCCCCCC(=O)OC[C@H](COP(=O)(O)OC[C@@H](O)COP(=O)(O)OC[C@@H](COC(=O)CCCCCCC)OC(=O)CCCCCCCCCCCCCCCC)OC(=O)CCCCCCCCCCCCCCCCCCCCC(C)CC. The van der Waals surface area contributed by atoms with Crippen LogP contribution >= 0.6 is 15.6 Å². The van der Waals surface area contributed by atoms with Gasteiger partial charge in [0.05, 0.1) is 26.4 Å². The highest BCUT2D eigenvalue weighted by Crippen LogP contribution is 2.45. The minimum Gasteiger partial charge on any atom is -0.462 e. The average molecular weight is 1450 g/mol. The molecule has 0 saturated heterocycles. The van der Waals surface area contributed by atoms with Crippen LogP contribution in [0, 0.1) is 5.92 Å². The molecule has 0 amide bonds. The van der Waals surface area contributed by atoms with Gasteiger partial charge in [-0.25, -0.2) is 9.13 Å². The summed E-state index contributed by atoms with van der Waals surface area (Å²) in [7, 11) is -9.91. The van der Waals surface area contributed by atoms with Gasteiger partial charge in [-0.05, 0) is 31.6 Å². The number of ether oxygens (including phenoxy) is 4. The van der Waals surface area contributed by atoms with Crippen LogP contribution < -0.4 is 0 Å². The maximum atomic E-state index is 13.1. The van der Waals surface area contributed by atoms with Gasteiger partial charge in [-0.2, -0.15) is 0 Å². The van der Waals surface area contributed by atoms with Crippen LogP contribution in [0.3, 0.4) is 0 Å². The maximum Gasteiger partial charge on any atom is 0.472 e. The molecule has 17 nitrogen and oxygen atoms in total. The normalized spacial score (nSPS) is 14.1. The van der Waals surface area contributed by atoms with Crippen molar-refractivity contribution in [2.75, 3.05) is 39.6 Å². The van der Waals surface area contributed by atoms with Gasteiger partial charge in [0.15, 0.2) is 12.2 Å². The summed E-state index contributed by atoms with van der Waals surface area (Å²) in [5.74, 6) is -1.25. The zero-order chi connectivity index (χ0) is 72.7. The van der Waals surface area contributed by atoms with Gasteiger partial charge in [0.1, 0.15) is 19.3 Å². The molecule has 0 saturated carbocycles. The third-order valence-corrected chi connectivity index (χ3v) is 21.0. The predicted molar refractivity (Wildman–Crippen MR) is 405 cm³/mol. The second-order valence-electron chi connectivity index (χ2n) is 29.1. The van der Waals surface area contributed by atoms with Gasteiger partial charge >= 0.3 is 39.5 Å². The lowest BCUT2D eigenvalue weighted by atomic mass is 9.99. The molecule has 0 aromatic heterocycles. The summed E-state index contributed by atoms with van der Waals surface area (Å²) < 4.78 is 68.4. The van der Waals surface area contributed by atoms with Crippen LogP contribution in [0.4, 0.5) is 0 Å². The summed E-state index contributed by atoms with van der Waals surface area (Å²) in [4.78, 5) is 72.7. The number of aliphatic hydroxyl groups is 1. The number of esters is 4. The summed E-state index contributed by atoms with van der Waals surface area (Å²) in [6.45, 7) is 7.30. The molecule has 0 fully saturated rings. The van der Waals surface area contributed by atoms with Crippen molar-refractivity contribution in [3.05, 3.63) is 0 Å². The van der Waals surface area contributed by atoms with Crippen LogP contribution in [-0.4, -0.2) is 96.7 Å². The molecule has 0 radical (unpaired) electrons. The Labute approximate surface area is 607 Å². The van der Waals surface area contributed by atoms with Crippen molar-refractivity contribution in [2.45, 2.75) is 445 Å². The van der Waals surface area contributed by atoms with Gasteiger partial charge in [-0.3, -0.25) is 37.3 Å². The quantitative estimate of drug-likeness (QED) is 0.0222. The Morgan fingerprint density at radius 1 is 0.283 bits per heavy atom. The first kappa shape index (κ1) is 97.1. The lowest BCUT2D eigenvalue weighted by Gasteiger charge is -2.21. The van der Waals surface area contributed by atoms with E-state index in [1.165, 1.54) is 244 Å². The van der Waals surface area contributed by atoms with E-state index >= 15 is 0 Å². The first-order chi connectivity index (χ1) is 48.1. The van der Waals surface area contributed by atoms with Gasteiger partial charge < -0.3 is 33.8 Å². The van der Waals surface area contributed by atoms with E-state index in [4.69, 9.17) is 37.0 Å². The molecule has 0 aromatic carbocycles. The molecule has 0 aromatic rings. The summed E-state index contributed by atoms with van der Waals surface area (Å²) in [6, 6.07) is 0. The van der Waals surface area contributed by atoms with Crippen molar-refractivity contribution in [3.63, 3.8) is 0 Å². The predicted octanol–water partition coefficient (Wildman–Crippen LogP) is 24.0. The standard InChI is InChI=1S/C80H156O17P2/c1-6-10-13-16-18-20-22-24-26-27-31-34-38-41-45-49-54-59-64-78(83)91-70-76(97-80(85)66-61-56-51-47-43-39-35-32-29-28-30-33-36-40-44-48-53-57-62-73(5)9-4)72-95-99(88,89)93-68-74(81)67-92-98(86,87)94-71-75(69-90-77(82)63-58-52-15-12-8-3)96-79(84)65-60-55-50-46-42-37-25-23-21-19-17-14-11-7-2/h73-76,81H,6-72H2,1-5H3,(H,86,87)(H,88,89)/t73?,74-,75+,76+/m0/s1. The van der Waals surface area contributed by atoms with E-state index in [1.807, 2.05) is 0 Å². The lowest BCUT2D eigenvalue weighted by molar-refractivity contribution is -0.161. The number of hydrogen-bond acceptors (Lipinski definition) is 15. The van der Waals surface area contributed by atoms with Crippen LogP contribution in [0.15, 0.2) is 0 Å². The van der Waals surface area contributed by atoms with E-state index in [9.17, 15) is 43.2 Å². The molecule has 588 valence electrons. The highest BCUT2D eigenvalue weighted by molar-refractivity contribution is 7.47. The van der Waals surface area contributed by atoms with Gasteiger partial charge in [0.2, 0.25) is 0 Å². The molecule has 6 atom stereocenters. The molecule has 99 heavy (non-hydrogen) atoms. The molecule has 0 bridgehead atoms. The zero-order valence-corrected chi connectivity index (χ0v) is 66.4. The Morgan fingerprint density at radius 3 is 0.717 bits per heavy atom. The zero-order valence-electron chi connectivity index (χ0n) is 64.6. The largest absolute Gasteiger partial charge is 0.472 e. The topological polar surface area (TPSA) is 237 Å². The first-order valence-corrected chi connectivity index (χ1v) is 44.7. The Hall–Kier alpha value is -1.94. The van der Waals surface area contributed by atoms with E-state index < -0.39 is 97.5 Å². The highest BCUT2D eigenvalue weighted by Gasteiger charge is 2.30. The number of carbonyl (C=O) groups excluding carboxylic acids is 4. The van der Waals surface area contributed by atoms with Gasteiger partial charge in [-0.1, -0.05) is 375 Å². The third-order valence-electron chi connectivity index (χ3n) is 19.1. The van der Waals surface area contributed by atoms with Crippen LogP contribution in [0.25, 0.3) is 0 Å². The Morgan fingerprint density at radius 2 is 0.485 bits per heavy atom. The maximum absolute atomic E-state index is 13.1. The second-order valence-corrected chi connectivity index (χ2v) is 32.0. The lowest BCUT2D eigenvalue weighted by Crippen LogP contribution is -2.30. The average Bonchev–Trinajstić information content (AvgIpc) is 1.03. The molecular formula is C80H156O17P2. The molecule has 0 aliphatic rings. The Kier molecular flexibility index (Phi) is 71.6. The Balaban J connectivity index is 5.11. The minimum absolute atomic E-state index is 0.107. The van der Waals surface area contributed by atoms with Crippen molar-refractivity contribution in [2.24, 2.45) is 5.92 Å². The van der Waals surface area contributed by atoms with Crippen molar-refractivity contribution in [1.82, 2.24) is 0 Å². The molecule has 0 spiro atoms. The summed E-state index contributed by atoms with van der Waals surface area (Å²) >= 11 is 0. The second kappa shape index (κ2) is 73.0. The Bertz CT molecular complexity index is 1890. The van der Waals surface area contributed by atoms with E-state index in [-0.39, 0.29) is 25.7 Å². The summed E-state index contributed by atoms with van der Waals surface area (Å²) in [5.41, 5.74) is 0. The molecule has 0 aliphatic carbocycles. The monoisotopic (exact) mass is 1450 g/mol. The van der Waals surface area contributed by atoms with Crippen LogP contribution in [0.1, 0.15) is 426 Å². The number of carbonyl (C=O) groups is 4. The van der Waals surface area contributed by atoms with E-state index in [0.717, 1.165) is 102 Å². The number of hydrogen-bond donors (Lipinski definition) is 3. The smallest absolute Gasteiger partial charge is 0.462 e. The number of phosphoric ester groups is 2. The van der Waals surface area contributed by atoms with Crippen molar-refractivity contribution in [1.29, 1.82) is 0 Å². The highest BCUT2D eigenvalue weighted by atomic mass is 31.2. The number of phosphoric acid groups is 2. The minimum atomic E-state index is -4.96. The van der Waals surface area contributed by atoms with Gasteiger partial charge in [0.25, 0.3) is 0 Å². The fourth-order valence-corrected chi connectivity index (χ4v) is 14.0. The van der Waals surface area contributed by atoms with Gasteiger partial charge in [-0.15, -0.1) is 0 Å². The number of rotatable bonds is 80. The van der Waals surface area contributed by atoms with Crippen LogP contribution in [0.5, 0.6) is 0 Å². The van der Waals surface area contributed by atoms with E-state index in [1.54, 1.807) is 0 Å². The van der Waals surface area contributed by atoms with E-state index in [2.05, 4.69) is 34.6 Å². The molecule has 3 N–H and O–H groups in total. The first-order valence-electron chi connectivity index (χ1n) is 41.7. The van der Waals surface area contributed by atoms with E-state index in [0.29, 0.717) is 25.7 Å². The number of aliphatic hydroxyl groups excluding tert-OH is 1. The molecule has 19 heteroatoms.